The normalized spacial score (nSPS) is 12.3. The number of hydrogen-bond donors (Lipinski definition) is 0. The highest BCUT2D eigenvalue weighted by Gasteiger charge is 2.19. The number of ether oxygens (including phenoxy) is 3. The monoisotopic (exact) mass is 829 g/mol. The summed E-state index contributed by atoms with van der Waals surface area (Å²) in [7, 11) is 0. The number of unbranched alkanes of at least 4 members (excludes halogenated alkanes) is 29. The van der Waals surface area contributed by atoms with Crippen LogP contribution in [0.3, 0.4) is 0 Å². The number of rotatable bonds is 46. The molecule has 6 heteroatoms. The van der Waals surface area contributed by atoms with Crippen molar-refractivity contribution in [2.75, 3.05) is 13.2 Å². The number of allylic oxidation sites excluding steroid dienone is 6. The molecule has 0 fully saturated rings. The number of carbonyl (C=O) groups is 3. The van der Waals surface area contributed by atoms with Crippen molar-refractivity contribution in [3.63, 3.8) is 0 Å². The van der Waals surface area contributed by atoms with Crippen molar-refractivity contribution in [3.8, 4) is 0 Å². The maximum atomic E-state index is 12.8. The van der Waals surface area contributed by atoms with Crippen LogP contribution in [0, 0.1) is 0 Å². The van der Waals surface area contributed by atoms with Crippen molar-refractivity contribution in [1.82, 2.24) is 0 Å². The molecule has 1 atom stereocenters. The van der Waals surface area contributed by atoms with Gasteiger partial charge in [0.1, 0.15) is 13.2 Å². The van der Waals surface area contributed by atoms with E-state index in [1.54, 1.807) is 0 Å². The van der Waals surface area contributed by atoms with E-state index in [1.807, 2.05) is 0 Å². The van der Waals surface area contributed by atoms with E-state index in [2.05, 4.69) is 57.2 Å². The number of esters is 3. The molecule has 6 nitrogen and oxygen atoms in total. The zero-order valence-electron chi connectivity index (χ0n) is 39.3. The number of hydrogen-bond acceptors (Lipinski definition) is 6. The summed E-state index contributed by atoms with van der Waals surface area (Å²) in [5.41, 5.74) is 0. The first-order valence-electron chi connectivity index (χ1n) is 25.5. The van der Waals surface area contributed by atoms with Crippen LogP contribution in [0.1, 0.15) is 265 Å². The van der Waals surface area contributed by atoms with E-state index in [9.17, 15) is 14.4 Å². The van der Waals surface area contributed by atoms with E-state index in [4.69, 9.17) is 14.2 Å². The van der Waals surface area contributed by atoms with Crippen LogP contribution < -0.4 is 0 Å². The minimum Gasteiger partial charge on any atom is -0.462 e. The van der Waals surface area contributed by atoms with Gasteiger partial charge in [-0.1, -0.05) is 231 Å². The van der Waals surface area contributed by atoms with Gasteiger partial charge >= 0.3 is 17.9 Å². The number of carbonyl (C=O) groups excluding carboxylic acids is 3. The van der Waals surface area contributed by atoms with Crippen LogP contribution in [0.2, 0.25) is 0 Å². The summed E-state index contributed by atoms with van der Waals surface area (Å²) in [5, 5.41) is 0. The maximum Gasteiger partial charge on any atom is 0.306 e. The molecule has 0 spiro atoms. The summed E-state index contributed by atoms with van der Waals surface area (Å²) < 4.78 is 16.7. The van der Waals surface area contributed by atoms with Crippen LogP contribution in [-0.2, 0) is 28.6 Å². The van der Waals surface area contributed by atoms with Gasteiger partial charge in [0.15, 0.2) is 6.10 Å². The van der Waals surface area contributed by atoms with Crippen LogP contribution in [0.25, 0.3) is 0 Å². The second-order valence-electron chi connectivity index (χ2n) is 17.1. The van der Waals surface area contributed by atoms with Gasteiger partial charge in [0.05, 0.1) is 0 Å². The van der Waals surface area contributed by atoms with Crippen molar-refractivity contribution in [2.24, 2.45) is 0 Å². The molecular formula is C53H96O6. The first-order chi connectivity index (χ1) is 29.0. The fourth-order valence-electron chi connectivity index (χ4n) is 7.28. The molecule has 0 N–H and O–H groups in total. The van der Waals surface area contributed by atoms with Crippen LogP contribution in [0.5, 0.6) is 0 Å². The smallest absolute Gasteiger partial charge is 0.306 e. The predicted molar refractivity (Wildman–Crippen MR) is 252 cm³/mol. The fourth-order valence-corrected chi connectivity index (χ4v) is 7.28. The van der Waals surface area contributed by atoms with Crippen molar-refractivity contribution in [2.45, 2.75) is 271 Å². The Morgan fingerprint density at radius 1 is 0.339 bits per heavy atom. The third kappa shape index (κ3) is 46.5. The van der Waals surface area contributed by atoms with E-state index in [1.165, 1.54) is 161 Å². The molecule has 0 heterocycles. The molecule has 0 saturated heterocycles. The van der Waals surface area contributed by atoms with Crippen molar-refractivity contribution >= 4 is 17.9 Å². The highest BCUT2D eigenvalue weighted by molar-refractivity contribution is 5.71. The molecule has 0 unspecified atom stereocenters. The maximum absolute atomic E-state index is 12.8. The topological polar surface area (TPSA) is 78.9 Å². The van der Waals surface area contributed by atoms with Crippen molar-refractivity contribution in [3.05, 3.63) is 36.5 Å². The van der Waals surface area contributed by atoms with Gasteiger partial charge in [0.2, 0.25) is 0 Å². The quantitative estimate of drug-likeness (QED) is 0.0263. The van der Waals surface area contributed by atoms with E-state index < -0.39 is 6.10 Å². The Morgan fingerprint density at radius 2 is 0.627 bits per heavy atom. The second-order valence-corrected chi connectivity index (χ2v) is 17.1. The highest BCUT2D eigenvalue weighted by Crippen LogP contribution is 2.15. The van der Waals surface area contributed by atoms with Gasteiger partial charge in [-0.25, -0.2) is 0 Å². The van der Waals surface area contributed by atoms with Gasteiger partial charge in [-0.2, -0.15) is 0 Å². The lowest BCUT2D eigenvalue weighted by atomic mass is 10.0. The van der Waals surface area contributed by atoms with Gasteiger partial charge in [-0.05, 0) is 51.4 Å². The molecule has 0 bridgehead atoms. The molecule has 0 aliphatic heterocycles. The van der Waals surface area contributed by atoms with Crippen LogP contribution in [0.4, 0.5) is 0 Å². The standard InChI is InChI=1S/C53H96O6/c1-4-7-10-13-16-19-22-24-25-26-27-29-32-35-38-41-44-47-53(56)59-50(48-57-51(54)45-42-39-36-33-30-21-18-15-12-9-6-3)49-58-52(55)46-43-40-37-34-31-28-23-20-17-14-11-8-5-2/h24-25,27,29,35,38,50H,4-23,26,28,30-34,36-37,39-49H2,1-3H3/b25-24-,29-27-,38-35-/t50-/m0/s1. The molecule has 0 aliphatic rings. The largest absolute Gasteiger partial charge is 0.462 e. The summed E-state index contributed by atoms with van der Waals surface area (Å²) in [4.78, 5) is 37.9. The molecule has 0 aromatic rings. The Balaban J connectivity index is 4.42. The first kappa shape index (κ1) is 56.6. The molecule has 59 heavy (non-hydrogen) atoms. The Kier molecular flexibility index (Phi) is 46.4. The van der Waals surface area contributed by atoms with Crippen LogP contribution in [-0.4, -0.2) is 37.2 Å². The van der Waals surface area contributed by atoms with Gasteiger partial charge in [-0.15, -0.1) is 0 Å². The molecular weight excluding hydrogens is 733 g/mol. The van der Waals surface area contributed by atoms with Crippen LogP contribution >= 0.6 is 0 Å². The van der Waals surface area contributed by atoms with E-state index in [-0.39, 0.29) is 37.5 Å². The van der Waals surface area contributed by atoms with Crippen molar-refractivity contribution < 1.29 is 28.6 Å². The average Bonchev–Trinajstić information content (AvgIpc) is 3.23. The van der Waals surface area contributed by atoms with Crippen LogP contribution in [0.15, 0.2) is 36.5 Å². The Morgan fingerprint density at radius 3 is 1.00 bits per heavy atom. The van der Waals surface area contributed by atoms with E-state index >= 15 is 0 Å². The Labute approximate surface area is 365 Å². The molecule has 344 valence electrons. The van der Waals surface area contributed by atoms with Gasteiger partial charge in [0.25, 0.3) is 0 Å². The third-order valence-corrected chi connectivity index (χ3v) is 11.1. The fraction of sp³-hybridized carbons (Fsp3) is 0.830. The molecule has 0 saturated carbocycles. The summed E-state index contributed by atoms with van der Waals surface area (Å²) in [6, 6.07) is 0. The predicted octanol–water partition coefficient (Wildman–Crippen LogP) is 16.5. The minimum absolute atomic E-state index is 0.0881. The van der Waals surface area contributed by atoms with Gasteiger partial charge < -0.3 is 14.2 Å². The van der Waals surface area contributed by atoms with Crippen molar-refractivity contribution in [1.29, 1.82) is 0 Å². The van der Waals surface area contributed by atoms with Gasteiger partial charge in [0, 0.05) is 19.3 Å². The summed E-state index contributed by atoms with van der Waals surface area (Å²) in [6.45, 7) is 6.60. The molecule has 0 aliphatic carbocycles. The summed E-state index contributed by atoms with van der Waals surface area (Å²) in [5.74, 6) is -0.932. The molecule has 0 rings (SSSR count). The lowest BCUT2D eigenvalue weighted by Gasteiger charge is -2.18. The third-order valence-electron chi connectivity index (χ3n) is 11.1. The highest BCUT2D eigenvalue weighted by atomic mass is 16.6. The Bertz CT molecular complexity index is 1000. The lowest BCUT2D eigenvalue weighted by molar-refractivity contribution is -0.167. The zero-order chi connectivity index (χ0) is 43.0. The SMILES string of the molecule is CCCCCCCC/C=C\C/C=C\C/C=C\CCCC(=O)O[C@@H](COC(=O)CCCCCCCCCCCCC)COC(=O)CCCCCCCCCCCCCCC. The molecule has 0 radical (unpaired) electrons. The molecule has 0 aromatic carbocycles. The van der Waals surface area contributed by atoms with Gasteiger partial charge in [-0.3, -0.25) is 14.4 Å². The molecule has 0 aromatic heterocycles. The lowest BCUT2D eigenvalue weighted by Crippen LogP contribution is -2.30. The zero-order valence-corrected chi connectivity index (χ0v) is 39.3. The van der Waals surface area contributed by atoms with E-state index in [0.717, 1.165) is 57.8 Å². The minimum atomic E-state index is -0.792. The summed E-state index contributed by atoms with van der Waals surface area (Å²) in [6.07, 6.45) is 55.6. The Hall–Kier alpha value is -2.37. The summed E-state index contributed by atoms with van der Waals surface area (Å²) >= 11 is 0. The second kappa shape index (κ2) is 48.3. The average molecular weight is 829 g/mol. The van der Waals surface area contributed by atoms with E-state index in [0.29, 0.717) is 19.3 Å². The first-order valence-corrected chi connectivity index (χ1v) is 25.5. The molecule has 0 amide bonds.